The third-order valence-electron chi connectivity index (χ3n) is 2.73. The van der Waals surface area contributed by atoms with Gasteiger partial charge < -0.3 is 15.1 Å². The van der Waals surface area contributed by atoms with Gasteiger partial charge in [0.15, 0.2) is 0 Å². The summed E-state index contributed by atoms with van der Waals surface area (Å²) in [6.45, 7) is 2.74. The number of nitro benzene ring substituents is 1. The SMILES string of the molecule is CCN(CCCO)c1cc([N+](=O)[O-])ccc1C(=O)O. The van der Waals surface area contributed by atoms with Gasteiger partial charge in [0.1, 0.15) is 0 Å². The Bertz CT molecular complexity index is 475. The first-order valence-corrected chi connectivity index (χ1v) is 5.88. The van der Waals surface area contributed by atoms with Gasteiger partial charge in [0.25, 0.3) is 5.69 Å². The normalized spacial score (nSPS) is 10.2. The zero-order valence-corrected chi connectivity index (χ0v) is 10.6. The van der Waals surface area contributed by atoms with Gasteiger partial charge in [-0.1, -0.05) is 0 Å². The van der Waals surface area contributed by atoms with Crippen molar-refractivity contribution in [1.29, 1.82) is 0 Å². The van der Waals surface area contributed by atoms with Crippen molar-refractivity contribution in [3.8, 4) is 0 Å². The molecule has 0 saturated heterocycles. The molecule has 0 fully saturated rings. The van der Waals surface area contributed by atoms with Crippen LogP contribution in [0.3, 0.4) is 0 Å². The Balaban J connectivity index is 3.21. The van der Waals surface area contributed by atoms with Gasteiger partial charge in [0.2, 0.25) is 0 Å². The molecule has 0 aliphatic rings. The highest BCUT2D eigenvalue weighted by Crippen LogP contribution is 2.26. The summed E-state index contributed by atoms with van der Waals surface area (Å²) in [7, 11) is 0. The average Bonchev–Trinajstić information content (AvgIpc) is 2.39. The maximum absolute atomic E-state index is 11.2. The van der Waals surface area contributed by atoms with E-state index in [2.05, 4.69) is 0 Å². The second-order valence-corrected chi connectivity index (χ2v) is 3.92. The van der Waals surface area contributed by atoms with E-state index in [-0.39, 0.29) is 17.9 Å². The Morgan fingerprint density at radius 1 is 1.47 bits per heavy atom. The molecule has 0 atom stereocenters. The molecular formula is C12H16N2O5. The van der Waals surface area contributed by atoms with Crippen LogP contribution in [0.4, 0.5) is 11.4 Å². The number of nitrogens with zero attached hydrogens (tertiary/aromatic N) is 2. The lowest BCUT2D eigenvalue weighted by molar-refractivity contribution is -0.384. The molecule has 0 unspecified atom stereocenters. The number of aliphatic hydroxyl groups excluding tert-OH is 1. The van der Waals surface area contributed by atoms with E-state index in [1.54, 1.807) is 4.90 Å². The summed E-state index contributed by atoms with van der Waals surface area (Å²) in [5, 5.41) is 28.7. The zero-order valence-electron chi connectivity index (χ0n) is 10.6. The van der Waals surface area contributed by atoms with E-state index in [0.717, 1.165) is 0 Å². The smallest absolute Gasteiger partial charge is 0.337 e. The van der Waals surface area contributed by atoms with E-state index < -0.39 is 10.9 Å². The minimum atomic E-state index is -1.13. The Hall–Kier alpha value is -2.15. The minimum absolute atomic E-state index is 0.0189. The fourth-order valence-electron chi connectivity index (χ4n) is 1.79. The summed E-state index contributed by atoms with van der Waals surface area (Å²) in [4.78, 5) is 23.1. The van der Waals surface area contributed by atoms with Gasteiger partial charge in [-0.25, -0.2) is 4.79 Å². The van der Waals surface area contributed by atoms with Crippen LogP contribution < -0.4 is 4.90 Å². The highest BCUT2D eigenvalue weighted by Gasteiger charge is 2.19. The molecule has 2 N–H and O–H groups in total. The Morgan fingerprint density at radius 3 is 2.63 bits per heavy atom. The summed E-state index contributed by atoms with van der Waals surface area (Å²) >= 11 is 0. The van der Waals surface area contributed by atoms with Crippen molar-refractivity contribution in [2.75, 3.05) is 24.6 Å². The number of anilines is 1. The van der Waals surface area contributed by atoms with Crippen LogP contribution in [-0.2, 0) is 0 Å². The van der Waals surface area contributed by atoms with Crippen molar-refractivity contribution in [2.45, 2.75) is 13.3 Å². The second-order valence-electron chi connectivity index (χ2n) is 3.92. The van der Waals surface area contributed by atoms with Gasteiger partial charge in [-0.3, -0.25) is 10.1 Å². The van der Waals surface area contributed by atoms with Gasteiger partial charge in [-0.15, -0.1) is 0 Å². The molecule has 0 spiro atoms. The van der Waals surface area contributed by atoms with Crippen LogP contribution >= 0.6 is 0 Å². The maximum atomic E-state index is 11.2. The molecule has 1 rings (SSSR count). The highest BCUT2D eigenvalue weighted by atomic mass is 16.6. The second kappa shape index (κ2) is 6.69. The summed E-state index contributed by atoms with van der Waals surface area (Å²) in [5.74, 6) is -1.13. The molecule has 19 heavy (non-hydrogen) atoms. The molecule has 0 saturated carbocycles. The van der Waals surface area contributed by atoms with Crippen LogP contribution in [0.15, 0.2) is 18.2 Å². The summed E-state index contributed by atoms with van der Waals surface area (Å²) in [6, 6.07) is 3.66. The van der Waals surface area contributed by atoms with Gasteiger partial charge >= 0.3 is 5.97 Å². The van der Waals surface area contributed by atoms with Crippen molar-refractivity contribution < 1.29 is 19.9 Å². The number of nitro groups is 1. The number of aliphatic hydroxyl groups is 1. The average molecular weight is 268 g/mol. The predicted molar refractivity (Wildman–Crippen MR) is 69.6 cm³/mol. The molecule has 0 heterocycles. The van der Waals surface area contributed by atoms with Crippen molar-refractivity contribution in [2.24, 2.45) is 0 Å². The quantitative estimate of drug-likeness (QED) is 0.573. The zero-order chi connectivity index (χ0) is 14.4. The van der Waals surface area contributed by atoms with Gasteiger partial charge in [0.05, 0.1) is 16.2 Å². The standard InChI is InChI=1S/C12H16N2O5/c1-2-13(6-3-7-15)11-8-9(14(18)19)4-5-10(11)12(16)17/h4-5,8,15H,2-3,6-7H2,1H3,(H,16,17). The van der Waals surface area contributed by atoms with E-state index >= 15 is 0 Å². The number of non-ortho nitro benzene ring substituents is 1. The number of benzene rings is 1. The number of carboxylic acid groups (broad SMARTS) is 1. The minimum Gasteiger partial charge on any atom is -0.478 e. The summed E-state index contributed by atoms with van der Waals surface area (Å²) in [5.41, 5.74) is 0.172. The third-order valence-corrected chi connectivity index (χ3v) is 2.73. The van der Waals surface area contributed by atoms with E-state index in [0.29, 0.717) is 25.2 Å². The summed E-state index contributed by atoms with van der Waals surface area (Å²) < 4.78 is 0. The van der Waals surface area contributed by atoms with Crippen molar-refractivity contribution >= 4 is 17.3 Å². The molecule has 1 aromatic rings. The Labute approximate surface area is 110 Å². The fourth-order valence-corrected chi connectivity index (χ4v) is 1.79. The monoisotopic (exact) mass is 268 g/mol. The number of rotatable bonds is 7. The lowest BCUT2D eigenvalue weighted by Gasteiger charge is -2.24. The maximum Gasteiger partial charge on any atom is 0.337 e. The van der Waals surface area contributed by atoms with Crippen LogP contribution in [0.1, 0.15) is 23.7 Å². The Morgan fingerprint density at radius 2 is 2.16 bits per heavy atom. The molecule has 7 nitrogen and oxygen atoms in total. The lowest BCUT2D eigenvalue weighted by Crippen LogP contribution is -2.26. The first kappa shape index (κ1) is 14.9. The van der Waals surface area contributed by atoms with E-state index in [1.807, 2.05) is 6.92 Å². The third kappa shape index (κ3) is 3.65. The van der Waals surface area contributed by atoms with E-state index in [1.165, 1.54) is 18.2 Å². The fraction of sp³-hybridized carbons (Fsp3) is 0.417. The molecule has 0 radical (unpaired) electrons. The number of carboxylic acids is 1. The molecule has 0 aliphatic carbocycles. The molecular weight excluding hydrogens is 252 g/mol. The van der Waals surface area contributed by atoms with Crippen LogP contribution in [0.2, 0.25) is 0 Å². The lowest BCUT2D eigenvalue weighted by atomic mass is 10.1. The molecule has 1 aromatic carbocycles. The number of hydrogen-bond donors (Lipinski definition) is 2. The van der Waals surface area contributed by atoms with Gasteiger partial charge in [0, 0.05) is 31.8 Å². The number of hydrogen-bond acceptors (Lipinski definition) is 5. The number of aromatic carboxylic acids is 1. The van der Waals surface area contributed by atoms with Crippen LogP contribution in [0, 0.1) is 10.1 Å². The molecule has 0 bridgehead atoms. The summed E-state index contributed by atoms with van der Waals surface area (Å²) in [6.07, 6.45) is 0.468. The van der Waals surface area contributed by atoms with Crippen molar-refractivity contribution in [1.82, 2.24) is 0 Å². The molecule has 0 aromatic heterocycles. The van der Waals surface area contributed by atoms with E-state index in [4.69, 9.17) is 10.2 Å². The predicted octanol–water partition coefficient (Wildman–Crippen LogP) is 1.50. The first-order valence-electron chi connectivity index (χ1n) is 5.88. The van der Waals surface area contributed by atoms with Crippen molar-refractivity contribution in [3.05, 3.63) is 33.9 Å². The molecule has 104 valence electrons. The van der Waals surface area contributed by atoms with Crippen LogP contribution in [-0.4, -0.2) is 40.8 Å². The van der Waals surface area contributed by atoms with Gasteiger partial charge in [-0.05, 0) is 19.4 Å². The highest BCUT2D eigenvalue weighted by molar-refractivity contribution is 5.95. The first-order chi connectivity index (χ1) is 9.01. The Kier molecular flexibility index (Phi) is 5.25. The number of carbonyl (C=O) groups is 1. The van der Waals surface area contributed by atoms with Crippen LogP contribution in [0.5, 0.6) is 0 Å². The molecule has 7 heteroatoms. The molecule has 0 aliphatic heterocycles. The van der Waals surface area contributed by atoms with Crippen molar-refractivity contribution in [3.63, 3.8) is 0 Å². The van der Waals surface area contributed by atoms with Crippen LogP contribution in [0.25, 0.3) is 0 Å². The largest absolute Gasteiger partial charge is 0.478 e. The molecule has 0 amide bonds. The topological polar surface area (TPSA) is 104 Å². The van der Waals surface area contributed by atoms with Gasteiger partial charge in [-0.2, -0.15) is 0 Å². The van der Waals surface area contributed by atoms with E-state index in [9.17, 15) is 14.9 Å².